The Morgan fingerprint density at radius 1 is 1.06 bits per heavy atom. The number of likely N-dealkylation sites (tertiary alicyclic amines) is 1. The van der Waals surface area contributed by atoms with Crippen LogP contribution in [-0.4, -0.2) is 59.8 Å². The van der Waals surface area contributed by atoms with Gasteiger partial charge in [-0.3, -0.25) is 9.69 Å². The second kappa shape index (κ2) is 8.78. The van der Waals surface area contributed by atoms with Gasteiger partial charge in [-0.2, -0.15) is 13.2 Å². The Bertz CT molecular complexity index is 925. The lowest BCUT2D eigenvalue weighted by molar-refractivity contribution is -0.187. The molecule has 2 aromatic rings. The number of hydrogen-bond donors (Lipinski definition) is 1. The van der Waals surface area contributed by atoms with E-state index in [0.717, 1.165) is 30.1 Å². The van der Waals surface area contributed by atoms with Gasteiger partial charge in [-0.15, -0.1) is 0 Å². The summed E-state index contributed by atoms with van der Waals surface area (Å²) in [5.74, 6) is -1.17. The fraction of sp³-hybridized carbons (Fsp3) is 0.435. The van der Waals surface area contributed by atoms with Crippen LogP contribution in [0.2, 0.25) is 0 Å². The number of alkyl halides is 3. The molecule has 1 unspecified atom stereocenters. The molecule has 0 spiro atoms. The summed E-state index contributed by atoms with van der Waals surface area (Å²) in [6.45, 7) is 3.53. The lowest BCUT2D eigenvalue weighted by Crippen LogP contribution is -2.46. The molecule has 0 aromatic heterocycles. The second-order valence-electron chi connectivity index (χ2n) is 8.00. The molecule has 2 heterocycles. The van der Waals surface area contributed by atoms with Gasteiger partial charge in [0.1, 0.15) is 18.1 Å². The minimum atomic E-state index is -4.95. The molecule has 4 rings (SSSR count). The third kappa shape index (κ3) is 4.79. The summed E-state index contributed by atoms with van der Waals surface area (Å²) < 4.78 is 45.6. The summed E-state index contributed by atoms with van der Waals surface area (Å²) in [6, 6.07) is 10.4. The first-order valence-electron chi connectivity index (χ1n) is 10.5. The second-order valence-corrected chi connectivity index (χ2v) is 8.00. The smallest absolute Gasteiger partial charge is 0.471 e. The van der Waals surface area contributed by atoms with E-state index in [4.69, 9.17) is 4.74 Å². The number of carbonyl (C=O) groups is 1. The Morgan fingerprint density at radius 2 is 1.77 bits per heavy atom. The molecule has 2 aliphatic rings. The summed E-state index contributed by atoms with van der Waals surface area (Å²) in [5.41, 5.74) is 2.02. The SMILES string of the molecule is O=C(N1CCc2cc(OCCN3CCCC3)ccc2C1c1ccc(O)cc1)C(F)(F)F. The first-order chi connectivity index (χ1) is 14.8. The number of amides is 1. The number of phenolic OH excluding ortho intramolecular Hbond substituents is 1. The van der Waals surface area contributed by atoms with Crippen LogP contribution in [0.25, 0.3) is 0 Å². The van der Waals surface area contributed by atoms with Gasteiger partial charge in [-0.05, 0) is 73.3 Å². The quantitative estimate of drug-likeness (QED) is 0.776. The van der Waals surface area contributed by atoms with Gasteiger partial charge in [0, 0.05) is 13.1 Å². The maximum Gasteiger partial charge on any atom is 0.471 e. The first kappa shape index (κ1) is 21.5. The van der Waals surface area contributed by atoms with Crippen molar-refractivity contribution in [2.45, 2.75) is 31.5 Å². The topological polar surface area (TPSA) is 53.0 Å². The fourth-order valence-electron chi connectivity index (χ4n) is 4.39. The Hall–Kier alpha value is -2.74. The number of phenols is 1. The Kier molecular flexibility index (Phi) is 6.09. The molecule has 0 aliphatic carbocycles. The Balaban J connectivity index is 1.58. The zero-order valence-electron chi connectivity index (χ0n) is 17.1. The van der Waals surface area contributed by atoms with Crippen LogP contribution in [0, 0.1) is 0 Å². The van der Waals surface area contributed by atoms with Crippen molar-refractivity contribution in [2.75, 3.05) is 32.8 Å². The molecule has 5 nitrogen and oxygen atoms in total. The van der Waals surface area contributed by atoms with Crippen LogP contribution in [0.15, 0.2) is 42.5 Å². The molecule has 1 fully saturated rings. The normalized spacial score (nSPS) is 19.3. The van der Waals surface area contributed by atoms with Crippen LogP contribution < -0.4 is 4.74 Å². The maximum absolute atomic E-state index is 13.2. The van der Waals surface area contributed by atoms with Crippen LogP contribution in [0.4, 0.5) is 13.2 Å². The zero-order chi connectivity index (χ0) is 22.0. The fourth-order valence-corrected chi connectivity index (χ4v) is 4.39. The number of halogens is 3. The summed E-state index contributed by atoms with van der Waals surface area (Å²) in [6.07, 6.45) is -2.21. The van der Waals surface area contributed by atoms with Crippen molar-refractivity contribution < 1.29 is 27.8 Å². The van der Waals surface area contributed by atoms with E-state index in [9.17, 15) is 23.1 Å². The summed E-state index contributed by atoms with van der Waals surface area (Å²) >= 11 is 0. The summed E-state index contributed by atoms with van der Waals surface area (Å²) in [5, 5.41) is 9.57. The van der Waals surface area contributed by atoms with Crippen LogP contribution >= 0.6 is 0 Å². The van der Waals surface area contributed by atoms with E-state index in [-0.39, 0.29) is 12.3 Å². The highest BCUT2D eigenvalue weighted by Crippen LogP contribution is 2.39. The van der Waals surface area contributed by atoms with Crippen molar-refractivity contribution in [3.8, 4) is 11.5 Å². The molecule has 1 amide bonds. The Labute approximate surface area is 179 Å². The van der Waals surface area contributed by atoms with Gasteiger partial charge in [-0.1, -0.05) is 18.2 Å². The van der Waals surface area contributed by atoms with Gasteiger partial charge in [0.25, 0.3) is 0 Å². The van der Waals surface area contributed by atoms with E-state index < -0.39 is 18.1 Å². The monoisotopic (exact) mass is 434 g/mol. The number of hydrogen-bond acceptors (Lipinski definition) is 4. The predicted molar refractivity (Wildman–Crippen MR) is 109 cm³/mol. The number of rotatable bonds is 5. The molecule has 166 valence electrons. The average molecular weight is 434 g/mol. The minimum absolute atomic E-state index is 0.00947. The van der Waals surface area contributed by atoms with Gasteiger partial charge < -0.3 is 14.7 Å². The highest BCUT2D eigenvalue weighted by Gasteiger charge is 2.46. The third-order valence-corrected chi connectivity index (χ3v) is 5.93. The van der Waals surface area contributed by atoms with E-state index in [2.05, 4.69) is 4.90 Å². The lowest BCUT2D eigenvalue weighted by Gasteiger charge is -2.38. The van der Waals surface area contributed by atoms with Crippen LogP contribution in [0.5, 0.6) is 11.5 Å². The van der Waals surface area contributed by atoms with Gasteiger partial charge in [0.15, 0.2) is 0 Å². The number of ether oxygens (including phenoxy) is 1. The van der Waals surface area contributed by atoms with Crippen LogP contribution in [0.1, 0.15) is 35.6 Å². The van der Waals surface area contributed by atoms with Crippen LogP contribution in [-0.2, 0) is 11.2 Å². The van der Waals surface area contributed by atoms with Gasteiger partial charge in [0.2, 0.25) is 0 Å². The molecule has 31 heavy (non-hydrogen) atoms. The predicted octanol–water partition coefficient (Wildman–Crippen LogP) is 3.90. The molecule has 2 aromatic carbocycles. The van der Waals surface area contributed by atoms with Crippen molar-refractivity contribution in [1.82, 2.24) is 9.80 Å². The molecule has 2 aliphatic heterocycles. The molecule has 0 saturated carbocycles. The molecule has 1 saturated heterocycles. The highest BCUT2D eigenvalue weighted by atomic mass is 19.4. The number of carbonyl (C=O) groups excluding carboxylic acids is 1. The number of benzene rings is 2. The molecule has 1 N–H and O–H groups in total. The Morgan fingerprint density at radius 3 is 2.45 bits per heavy atom. The number of aromatic hydroxyl groups is 1. The van der Waals surface area contributed by atoms with Crippen molar-refractivity contribution in [2.24, 2.45) is 0 Å². The highest BCUT2D eigenvalue weighted by molar-refractivity contribution is 5.83. The van der Waals surface area contributed by atoms with E-state index >= 15 is 0 Å². The largest absolute Gasteiger partial charge is 0.508 e. The van der Waals surface area contributed by atoms with E-state index in [1.54, 1.807) is 24.3 Å². The van der Waals surface area contributed by atoms with E-state index in [0.29, 0.717) is 29.9 Å². The standard InChI is InChI=1S/C23H25F3N2O3/c24-23(25,26)22(30)28-12-9-17-15-19(31-14-13-27-10-1-2-11-27)7-8-20(17)21(28)16-3-5-18(29)6-4-16/h3-8,15,21,29H,1-2,9-14H2. The van der Waals surface area contributed by atoms with Gasteiger partial charge >= 0.3 is 12.1 Å². The molecular weight excluding hydrogens is 409 g/mol. The molecule has 1 atom stereocenters. The maximum atomic E-state index is 13.2. The summed E-state index contributed by atoms with van der Waals surface area (Å²) in [7, 11) is 0. The van der Waals surface area contributed by atoms with Gasteiger partial charge in [-0.25, -0.2) is 0 Å². The lowest BCUT2D eigenvalue weighted by atomic mass is 9.88. The van der Waals surface area contributed by atoms with Gasteiger partial charge in [0.05, 0.1) is 6.04 Å². The van der Waals surface area contributed by atoms with E-state index in [1.165, 1.54) is 25.0 Å². The van der Waals surface area contributed by atoms with E-state index in [1.807, 2.05) is 6.07 Å². The van der Waals surface area contributed by atoms with Crippen molar-refractivity contribution >= 4 is 5.91 Å². The summed E-state index contributed by atoms with van der Waals surface area (Å²) in [4.78, 5) is 15.3. The molecule has 0 radical (unpaired) electrons. The molecule has 8 heteroatoms. The van der Waals surface area contributed by atoms with Crippen molar-refractivity contribution in [1.29, 1.82) is 0 Å². The van der Waals surface area contributed by atoms with Crippen LogP contribution in [0.3, 0.4) is 0 Å². The average Bonchev–Trinajstić information content (AvgIpc) is 3.26. The van der Waals surface area contributed by atoms with Crippen molar-refractivity contribution in [3.63, 3.8) is 0 Å². The third-order valence-electron chi connectivity index (χ3n) is 5.93. The minimum Gasteiger partial charge on any atom is -0.508 e. The number of nitrogens with zero attached hydrogens (tertiary/aromatic N) is 2. The van der Waals surface area contributed by atoms with Crippen molar-refractivity contribution in [3.05, 3.63) is 59.2 Å². The molecular formula is C23H25F3N2O3. The first-order valence-corrected chi connectivity index (χ1v) is 10.5. The molecule has 0 bridgehead atoms. The number of fused-ring (bicyclic) bond motifs is 1. The zero-order valence-corrected chi connectivity index (χ0v) is 17.1.